The van der Waals surface area contributed by atoms with Crippen molar-refractivity contribution in [1.29, 1.82) is 0 Å². The third-order valence-corrected chi connectivity index (χ3v) is 4.76. The first-order chi connectivity index (χ1) is 12.6. The molecule has 136 valence electrons. The molecule has 0 aliphatic rings. The van der Waals surface area contributed by atoms with Crippen LogP contribution in [0.25, 0.3) is 11.3 Å². The lowest BCUT2D eigenvalue weighted by Gasteiger charge is -2.13. The highest BCUT2D eigenvalue weighted by molar-refractivity contribution is 7.09. The summed E-state index contributed by atoms with van der Waals surface area (Å²) in [7, 11) is 1.55. The predicted molar refractivity (Wildman–Crippen MR) is 97.9 cm³/mol. The number of aliphatic hydroxyl groups excluding tert-OH is 1. The molecule has 0 radical (unpaired) electrons. The molecule has 1 amide bonds. The molecule has 3 aromatic rings. The Morgan fingerprint density at radius 1 is 1.46 bits per heavy atom. The second-order valence-electron chi connectivity index (χ2n) is 5.47. The first-order valence-electron chi connectivity index (χ1n) is 7.90. The molecule has 0 saturated heterocycles. The lowest BCUT2D eigenvalue weighted by Crippen LogP contribution is -2.33. The van der Waals surface area contributed by atoms with Crippen molar-refractivity contribution in [3.05, 3.63) is 52.2 Å². The van der Waals surface area contributed by atoms with E-state index >= 15 is 0 Å². The minimum atomic E-state index is -0.416. The monoisotopic (exact) mass is 373 g/mol. The first-order valence-corrected chi connectivity index (χ1v) is 8.78. The van der Waals surface area contributed by atoms with Gasteiger partial charge in [0.2, 0.25) is 5.88 Å². The van der Waals surface area contributed by atoms with Crippen molar-refractivity contribution < 1.29 is 14.6 Å². The largest absolute Gasteiger partial charge is 0.481 e. The summed E-state index contributed by atoms with van der Waals surface area (Å²) in [6, 6.07) is 6.70. The molecule has 3 aromatic heterocycles. The Hall–Kier alpha value is -2.75. The minimum Gasteiger partial charge on any atom is -0.481 e. The molecule has 0 bridgehead atoms. The van der Waals surface area contributed by atoms with E-state index in [1.54, 1.807) is 30.8 Å². The molecule has 9 heteroatoms. The van der Waals surface area contributed by atoms with Crippen LogP contribution >= 0.6 is 11.3 Å². The van der Waals surface area contributed by atoms with Crippen LogP contribution in [-0.4, -0.2) is 39.6 Å². The highest BCUT2D eigenvalue weighted by Crippen LogP contribution is 2.22. The second kappa shape index (κ2) is 8.09. The summed E-state index contributed by atoms with van der Waals surface area (Å²) in [6.45, 7) is 0.0658. The summed E-state index contributed by atoms with van der Waals surface area (Å²) in [5, 5.41) is 14.4. The van der Waals surface area contributed by atoms with Crippen molar-refractivity contribution in [3.63, 3.8) is 0 Å². The van der Waals surface area contributed by atoms with Crippen LogP contribution < -0.4 is 15.8 Å². The molecule has 0 saturated carbocycles. The van der Waals surface area contributed by atoms with Crippen molar-refractivity contribution >= 4 is 17.2 Å². The van der Waals surface area contributed by atoms with E-state index in [0.717, 1.165) is 11.3 Å². The molecular formula is C17H19N5O3S. The molecule has 0 aromatic carbocycles. The normalized spacial score (nSPS) is 12.0. The van der Waals surface area contributed by atoms with E-state index < -0.39 is 6.04 Å². The number of hydrogen-bond acceptors (Lipinski definition) is 7. The number of nitrogens with zero attached hydrogens (tertiary/aromatic N) is 2. The smallest absolute Gasteiger partial charge is 0.268 e. The Bertz CT molecular complexity index is 892. The van der Waals surface area contributed by atoms with E-state index in [9.17, 15) is 4.79 Å². The van der Waals surface area contributed by atoms with Crippen LogP contribution in [0.5, 0.6) is 5.88 Å². The number of carbonyl (C=O) groups excluding carboxylic acids is 1. The summed E-state index contributed by atoms with van der Waals surface area (Å²) in [5.74, 6) is 0.211. The van der Waals surface area contributed by atoms with Gasteiger partial charge in [0.05, 0.1) is 25.5 Å². The summed E-state index contributed by atoms with van der Waals surface area (Å²) >= 11 is 1.35. The van der Waals surface area contributed by atoms with Crippen LogP contribution in [0.2, 0.25) is 0 Å². The molecule has 5 N–H and O–H groups in total. The fraction of sp³-hybridized carbons (Fsp3) is 0.235. The number of hydrogen-bond donors (Lipinski definition) is 4. The molecule has 0 unspecified atom stereocenters. The van der Waals surface area contributed by atoms with Crippen molar-refractivity contribution in [2.45, 2.75) is 12.6 Å². The number of aromatic amines is 1. The van der Waals surface area contributed by atoms with Gasteiger partial charge in [-0.2, -0.15) is 0 Å². The van der Waals surface area contributed by atoms with E-state index in [0.29, 0.717) is 22.3 Å². The number of carbonyl (C=O) groups is 1. The number of H-pyrrole nitrogens is 1. The zero-order valence-electron chi connectivity index (χ0n) is 14.1. The van der Waals surface area contributed by atoms with Crippen LogP contribution in [0.3, 0.4) is 0 Å². The van der Waals surface area contributed by atoms with E-state index in [-0.39, 0.29) is 19.1 Å². The number of aliphatic hydroxyl groups is 1. The summed E-state index contributed by atoms with van der Waals surface area (Å²) in [6.07, 6.45) is 1.64. The average molecular weight is 373 g/mol. The highest BCUT2D eigenvalue weighted by atomic mass is 32.1. The zero-order chi connectivity index (χ0) is 18.5. The molecular weight excluding hydrogens is 354 g/mol. The Morgan fingerprint density at radius 3 is 3.00 bits per heavy atom. The van der Waals surface area contributed by atoms with Crippen molar-refractivity contribution in [3.8, 4) is 17.1 Å². The van der Waals surface area contributed by atoms with E-state index in [1.807, 2.05) is 12.1 Å². The molecule has 0 aliphatic heterocycles. The predicted octanol–water partition coefficient (Wildman–Crippen LogP) is 1.46. The van der Waals surface area contributed by atoms with Crippen molar-refractivity contribution in [2.75, 3.05) is 13.7 Å². The first kappa shape index (κ1) is 18.1. The van der Waals surface area contributed by atoms with Gasteiger partial charge in [0.1, 0.15) is 10.7 Å². The van der Waals surface area contributed by atoms with Gasteiger partial charge in [0.25, 0.3) is 5.91 Å². The lowest BCUT2D eigenvalue weighted by molar-refractivity contribution is 0.0933. The number of ether oxygens (including phenoxy) is 1. The molecule has 26 heavy (non-hydrogen) atoms. The van der Waals surface area contributed by atoms with Crippen molar-refractivity contribution in [1.82, 2.24) is 20.3 Å². The number of amides is 1. The number of aromatic nitrogens is 3. The van der Waals surface area contributed by atoms with Gasteiger partial charge >= 0.3 is 0 Å². The van der Waals surface area contributed by atoms with Gasteiger partial charge in [-0.1, -0.05) is 0 Å². The fourth-order valence-corrected chi connectivity index (χ4v) is 3.27. The zero-order valence-corrected chi connectivity index (χ0v) is 14.9. The number of nitrogens with two attached hydrogens (primary N) is 1. The van der Waals surface area contributed by atoms with Crippen LogP contribution in [-0.2, 0) is 6.61 Å². The maximum Gasteiger partial charge on any atom is 0.268 e. The summed E-state index contributed by atoms with van der Waals surface area (Å²) in [5.41, 5.74) is 8.38. The maximum absolute atomic E-state index is 12.5. The van der Waals surface area contributed by atoms with Gasteiger partial charge in [-0.3, -0.25) is 4.79 Å². The maximum atomic E-state index is 12.5. The minimum absolute atomic E-state index is 0.142. The molecule has 3 rings (SSSR count). The molecule has 0 aliphatic carbocycles. The number of rotatable bonds is 7. The number of nitrogens with one attached hydrogen (secondary N) is 2. The Labute approximate surface area is 154 Å². The van der Waals surface area contributed by atoms with E-state index in [1.165, 1.54) is 11.3 Å². The molecule has 3 heterocycles. The van der Waals surface area contributed by atoms with Crippen molar-refractivity contribution in [2.24, 2.45) is 5.73 Å². The third-order valence-electron chi connectivity index (χ3n) is 3.76. The van der Waals surface area contributed by atoms with Crippen LogP contribution in [0.1, 0.15) is 27.2 Å². The quantitative estimate of drug-likeness (QED) is 0.497. The third kappa shape index (κ3) is 3.90. The Balaban J connectivity index is 1.74. The number of methoxy groups -OCH3 is 1. The van der Waals surface area contributed by atoms with Crippen LogP contribution in [0.4, 0.5) is 0 Å². The molecule has 8 nitrogen and oxygen atoms in total. The number of pyridine rings is 1. The number of thiazole rings is 1. The van der Waals surface area contributed by atoms with Gasteiger partial charge in [-0.25, -0.2) is 9.97 Å². The summed E-state index contributed by atoms with van der Waals surface area (Å²) in [4.78, 5) is 23.9. The topological polar surface area (TPSA) is 126 Å². The van der Waals surface area contributed by atoms with Gasteiger partial charge in [0.15, 0.2) is 0 Å². The lowest BCUT2D eigenvalue weighted by atomic mass is 10.2. The standard InChI is InChI=1S/C17H19N5O3S/c1-25-15-6-10(4-5-19-15)12-2-3-13(21-12)16(24)22-14(7-18)17-20-11(8-23)9-26-17/h2-6,9,14,21,23H,7-8,18H2,1H3,(H,22,24)/t14-/m1/s1. The highest BCUT2D eigenvalue weighted by Gasteiger charge is 2.19. The average Bonchev–Trinajstić information content (AvgIpc) is 3.35. The van der Waals surface area contributed by atoms with E-state index in [2.05, 4.69) is 20.3 Å². The van der Waals surface area contributed by atoms with Gasteiger partial charge in [0, 0.05) is 35.4 Å². The fourth-order valence-electron chi connectivity index (χ4n) is 2.40. The Kier molecular flexibility index (Phi) is 5.61. The van der Waals surface area contributed by atoms with Gasteiger partial charge < -0.3 is 25.9 Å². The molecule has 0 fully saturated rings. The van der Waals surface area contributed by atoms with E-state index in [4.69, 9.17) is 15.6 Å². The Morgan fingerprint density at radius 2 is 2.31 bits per heavy atom. The molecule has 0 spiro atoms. The van der Waals surface area contributed by atoms with Crippen LogP contribution in [0, 0.1) is 0 Å². The SMILES string of the molecule is COc1cc(-c2ccc(C(=O)N[C@H](CN)c3nc(CO)cs3)[nH]2)ccn1. The molecule has 1 atom stereocenters. The van der Waals surface area contributed by atoms with Crippen LogP contribution in [0.15, 0.2) is 35.8 Å². The second-order valence-corrected chi connectivity index (χ2v) is 6.36. The van der Waals surface area contributed by atoms with Gasteiger partial charge in [-0.15, -0.1) is 11.3 Å². The van der Waals surface area contributed by atoms with Gasteiger partial charge in [-0.05, 0) is 18.2 Å². The summed E-state index contributed by atoms with van der Waals surface area (Å²) < 4.78 is 5.12.